The number of halogens is 3. The number of rotatable bonds is 5. The molecule has 2 heterocycles. The van der Waals surface area contributed by atoms with E-state index in [1.807, 2.05) is 31.2 Å². The SMILES string of the molecule is CCc1ccccc1NC(=O)c1cnn(-c2ccc(F)cc2F)c1C1CCNCC1.Cl. The minimum Gasteiger partial charge on any atom is -0.322 e. The molecule has 2 N–H and O–H groups in total. The van der Waals surface area contributed by atoms with E-state index in [0.29, 0.717) is 11.3 Å². The summed E-state index contributed by atoms with van der Waals surface area (Å²) in [6.45, 7) is 3.64. The van der Waals surface area contributed by atoms with Gasteiger partial charge in [-0.1, -0.05) is 25.1 Å². The molecule has 1 fully saturated rings. The van der Waals surface area contributed by atoms with Crippen LogP contribution in [0, 0.1) is 11.6 Å². The Balaban J connectivity index is 0.00000272. The number of aromatic nitrogens is 2. The van der Waals surface area contributed by atoms with Gasteiger partial charge in [-0.3, -0.25) is 4.79 Å². The first kappa shape index (κ1) is 22.9. The third-order valence-corrected chi connectivity index (χ3v) is 5.56. The van der Waals surface area contributed by atoms with Crippen molar-refractivity contribution in [2.45, 2.75) is 32.1 Å². The number of aryl methyl sites for hydroxylation is 1. The molecule has 0 radical (unpaired) electrons. The third-order valence-electron chi connectivity index (χ3n) is 5.56. The molecule has 1 aliphatic heterocycles. The first-order valence-electron chi connectivity index (χ1n) is 10.2. The number of benzene rings is 2. The molecular weight excluding hydrogens is 422 g/mol. The predicted molar refractivity (Wildman–Crippen MR) is 119 cm³/mol. The lowest BCUT2D eigenvalue weighted by atomic mass is 9.91. The number of para-hydroxylation sites is 1. The van der Waals surface area contributed by atoms with Gasteiger partial charge in [0.05, 0.1) is 17.5 Å². The van der Waals surface area contributed by atoms with Gasteiger partial charge in [-0.15, -0.1) is 12.4 Å². The Morgan fingerprint density at radius 2 is 1.94 bits per heavy atom. The standard InChI is InChI=1S/C23H24F2N4O.ClH/c1-2-15-5-3-4-6-20(15)28-23(30)18-14-27-29(21-8-7-17(24)13-19(21)25)22(18)16-9-11-26-12-10-16;/h3-8,13-14,16,26H,2,9-12H2,1H3,(H,28,30);1H. The maximum atomic E-state index is 14.5. The van der Waals surface area contributed by atoms with Crippen molar-refractivity contribution in [1.29, 1.82) is 0 Å². The highest BCUT2D eigenvalue weighted by molar-refractivity contribution is 6.05. The van der Waals surface area contributed by atoms with Crippen molar-refractivity contribution >= 4 is 24.0 Å². The first-order valence-corrected chi connectivity index (χ1v) is 10.2. The summed E-state index contributed by atoms with van der Waals surface area (Å²) >= 11 is 0. The number of hydrogen-bond donors (Lipinski definition) is 2. The van der Waals surface area contributed by atoms with Crippen LogP contribution in [0.25, 0.3) is 5.69 Å². The van der Waals surface area contributed by atoms with Crippen molar-refractivity contribution in [1.82, 2.24) is 15.1 Å². The number of nitrogens with zero attached hydrogens (tertiary/aromatic N) is 2. The van der Waals surface area contributed by atoms with Gasteiger partial charge in [-0.25, -0.2) is 13.5 Å². The second-order valence-electron chi connectivity index (χ2n) is 7.44. The summed E-state index contributed by atoms with van der Waals surface area (Å²) in [6, 6.07) is 11.0. The normalized spacial score (nSPS) is 14.2. The van der Waals surface area contributed by atoms with Crippen LogP contribution in [-0.4, -0.2) is 28.8 Å². The highest BCUT2D eigenvalue weighted by Gasteiger charge is 2.28. The van der Waals surface area contributed by atoms with Crippen molar-refractivity contribution < 1.29 is 13.6 Å². The molecule has 4 rings (SSSR count). The molecule has 0 bridgehead atoms. The van der Waals surface area contributed by atoms with Crippen LogP contribution >= 0.6 is 12.4 Å². The van der Waals surface area contributed by atoms with Gasteiger partial charge in [0.25, 0.3) is 5.91 Å². The van der Waals surface area contributed by atoms with E-state index < -0.39 is 11.6 Å². The molecule has 1 saturated heterocycles. The predicted octanol–water partition coefficient (Wildman–Crippen LogP) is 4.85. The maximum absolute atomic E-state index is 14.5. The van der Waals surface area contributed by atoms with Gasteiger partial charge in [-0.2, -0.15) is 5.10 Å². The van der Waals surface area contributed by atoms with Crippen molar-refractivity contribution in [2.24, 2.45) is 0 Å². The lowest BCUT2D eigenvalue weighted by molar-refractivity contribution is 0.102. The highest BCUT2D eigenvalue weighted by Crippen LogP contribution is 2.31. The molecule has 164 valence electrons. The van der Waals surface area contributed by atoms with Crippen LogP contribution in [0.3, 0.4) is 0 Å². The molecule has 5 nitrogen and oxygen atoms in total. The van der Waals surface area contributed by atoms with E-state index in [1.54, 1.807) is 0 Å². The molecule has 1 amide bonds. The quantitative estimate of drug-likeness (QED) is 0.588. The van der Waals surface area contributed by atoms with Gasteiger partial charge in [0.15, 0.2) is 5.82 Å². The number of amides is 1. The van der Waals surface area contributed by atoms with Crippen LogP contribution in [0.1, 0.15) is 47.3 Å². The summed E-state index contributed by atoms with van der Waals surface area (Å²) in [7, 11) is 0. The van der Waals surface area contributed by atoms with E-state index in [-0.39, 0.29) is 29.9 Å². The summed E-state index contributed by atoms with van der Waals surface area (Å²) in [5.41, 5.74) is 3.00. The molecular formula is C23H25ClF2N4O. The zero-order chi connectivity index (χ0) is 21.1. The minimum absolute atomic E-state index is 0. The maximum Gasteiger partial charge on any atom is 0.259 e. The number of piperidine rings is 1. The second kappa shape index (κ2) is 10.0. The first-order chi connectivity index (χ1) is 14.6. The van der Waals surface area contributed by atoms with Gasteiger partial charge >= 0.3 is 0 Å². The zero-order valence-corrected chi connectivity index (χ0v) is 18.0. The van der Waals surface area contributed by atoms with E-state index in [0.717, 1.165) is 49.7 Å². The summed E-state index contributed by atoms with van der Waals surface area (Å²) in [5, 5.41) is 10.6. The van der Waals surface area contributed by atoms with E-state index in [2.05, 4.69) is 15.7 Å². The Morgan fingerprint density at radius 1 is 1.19 bits per heavy atom. The summed E-state index contributed by atoms with van der Waals surface area (Å²) in [6.07, 6.45) is 3.88. The molecule has 2 aromatic carbocycles. The molecule has 0 atom stereocenters. The number of hydrogen-bond acceptors (Lipinski definition) is 3. The average Bonchev–Trinajstić information content (AvgIpc) is 3.19. The molecule has 0 saturated carbocycles. The van der Waals surface area contributed by atoms with E-state index in [4.69, 9.17) is 0 Å². The number of carbonyl (C=O) groups excluding carboxylic acids is 1. The molecule has 0 spiro atoms. The van der Waals surface area contributed by atoms with Gasteiger partial charge < -0.3 is 10.6 Å². The monoisotopic (exact) mass is 446 g/mol. The van der Waals surface area contributed by atoms with E-state index in [1.165, 1.54) is 23.0 Å². The van der Waals surface area contributed by atoms with Crippen LogP contribution in [0.4, 0.5) is 14.5 Å². The number of carbonyl (C=O) groups is 1. The highest BCUT2D eigenvalue weighted by atomic mass is 35.5. The van der Waals surface area contributed by atoms with Crippen molar-refractivity contribution in [3.05, 3.63) is 77.1 Å². The zero-order valence-electron chi connectivity index (χ0n) is 17.2. The van der Waals surface area contributed by atoms with Crippen molar-refractivity contribution in [3.8, 4) is 5.69 Å². The molecule has 3 aromatic rings. The Morgan fingerprint density at radius 3 is 2.65 bits per heavy atom. The van der Waals surface area contributed by atoms with Gasteiger partial charge in [0, 0.05) is 17.7 Å². The smallest absolute Gasteiger partial charge is 0.259 e. The Labute approximate surface area is 186 Å². The van der Waals surface area contributed by atoms with Gasteiger partial charge in [-0.05, 0) is 56.1 Å². The largest absolute Gasteiger partial charge is 0.322 e. The lowest BCUT2D eigenvalue weighted by Crippen LogP contribution is -2.29. The summed E-state index contributed by atoms with van der Waals surface area (Å²) < 4.78 is 29.4. The minimum atomic E-state index is -0.712. The van der Waals surface area contributed by atoms with Crippen LogP contribution in [0.5, 0.6) is 0 Å². The van der Waals surface area contributed by atoms with Crippen LogP contribution in [0.15, 0.2) is 48.7 Å². The van der Waals surface area contributed by atoms with E-state index >= 15 is 0 Å². The molecule has 1 aliphatic rings. The third kappa shape index (κ3) is 4.78. The average molecular weight is 447 g/mol. The van der Waals surface area contributed by atoms with Crippen molar-refractivity contribution in [3.63, 3.8) is 0 Å². The van der Waals surface area contributed by atoms with Crippen LogP contribution in [-0.2, 0) is 6.42 Å². The Bertz CT molecular complexity index is 1060. The molecule has 1 aromatic heterocycles. The summed E-state index contributed by atoms with van der Waals surface area (Å²) in [5.74, 6) is -1.60. The van der Waals surface area contributed by atoms with Crippen LogP contribution < -0.4 is 10.6 Å². The Kier molecular flexibility index (Phi) is 7.41. The lowest BCUT2D eigenvalue weighted by Gasteiger charge is -2.25. The Hall–Kier alpha value is -2.77. The number of anilines is 1. The topological polar surface area (TPSA) is 59.0 Å². The molecule has 8 heteroatoms. The molecule has 0 unspecified atom stereocenters. The number of nitrogens with one attached hydrogen (secondary N) is 2. The van der Waals surface area contributed by atoms with Gasteiger partial charge in [0.1, 0.15) is 11.5 Å². The van der Waals surface area contributed by atoms with E-state index in [9.17, 15) is 13.6 Å². The second-order valence-corrected chi connectivity index (χ2v) is 7.44. The van der Waals surface area contributed by atoms with Gasteiger partial charge in [0.2, 0.25) is 0 Å². The van der Waals surface area contributed by atoms with Crippen LogP contribution in [0.2, 0.25) is 0 Å². The van der Waals surface area contributed by atoms with Crippen molar-refractivity contribution in [2.75, 3.05) is 18.4 Å². The molecule has 0 aliphatic carbocycles. The molecule has 31 heavy (non-hydrogen) atoms. The fourth-order valence-electron chi connectivity index (χ4n) is 4.01. The fourth-order valence-corrected chi connectivity index (χ4v) is 4.01. The summed E-state index contributed by atoms with van der Waals surface area (Å²) in [4.78, 5) is 13.2. The fraction of sp³-hybridized carbons (Fsp3) is 0.304.